The highest BCUT2D eigenvalue weighted by atomic mass is 14.7. The molecule has 0 radical (unpaired) electrons. The number of hydrogen-bond donors (Lipinski definition) is 1. The molecule has 1 aromatic rings. The van der Waals surface area contributed by atoms with Crippen LogP contribution in [0.2, 0.25) is 0 Å². The van der Waals surface area contributed by atoms with Gasteiger partial charge in [0.1, 0.15) is 6.07 Å². The normalized spacial score (nSPS) is 26.8. The molecule has 136 valence electrons. The molecule has 4 heteroatoms. The van der Waals surface area contributed by atoms with Gasteiger partial charge in [0.2, 0.25) is 0 Å². The molecule has 0 heterocycles. The fourth-order valence-corrected chi connectivity index (χ4v) is 4.63. The molecule has 2 aliphatic rings. The van der Waals surface area contributed by atoms with Crippen molar-refractivity contribution in [3.05, 3.63) is 58.8 Å². The van der Waals surface area contributed by atoms with E-state index in [1.807, 2.05) is 30.3 Å². The highest BCUT2D eigenvalue weighted by molar-refractivity contribution is 5.59. The van der Waals surface area contributed by atoms with Gasteiger partial charge >= 0.3 is 0 Å². The van der Waals surface area contributed by atoms with E-state index in [2.05, 4.69) is 45.1 Å². The minimum Gasteiger partial charge on any atom is -0.399 e. The molecule has 2 N–H and O–H groups in total. The molecule has 0 saturated heterocycles. The molecular weight excluding hydrogens is 332 g/mol. The van der Waals surface area contributed by atoms with Gasteiger partial charge in [0, 0.05) is 5.92 Å². The van der Waals surface area contributed by atoms with Crippen LogP contribution in [0.25, 0.3) is 0 Å². The second-order valence-electron chi connectivity index (χ2n) is 8.62. The van der Waals surface area contributed by atoms with Crippen LogP contribution in [0.5, 0.6) is 0 Å². The van der Waals surface area contributed by atoms with E-state index in [0.717, 1.165) is 24.0 Å². The summed E-state index contributed by atoms with van der Waals surface area (Å²) in [5.41, 5.74) is 7.13. The van der Waals surface area contributed by atoms with E-state index in [9.17, 15) is 15.8 Å². The summed E-state index contributed by atoms with van der Waals surface area (Å²) in [5, 5.41) is 29.9. The molecule has 0 bridgehead atoms. The summed E-state index contributed by atoms with van der Waals surface area (Å²) >= 11 is 0. The number of rotatable bonds is 1. The third-order valence-electron chi connectivity index (χ3n) is 6.26. The third kappa shape index (κ3) is 2.81. The SMILES string of the molecule is CC(C)(C)C1CC=C2C(C#N)=C(N)C(C#N)(C#N)[C@@H](c3ccccc3)[C@@H]2C1. The first-order valence-corrected chi connectivity index (χ1v) is 9.28. The lowest BCUT2D eigenvalue weighted by Crippen LogP contribution is -2.44. The van der Waals surface area contributed by atoms with Gasteiger partial charge in [-0.25, -0.2) is 0 Å². The van der Waals surface area contributed by atoms with Crippen LogP contribution in [0.15, 0.2) is 53.3 Å². The first-order chi connectivity index (χ1) is 12.8. The average molecular weight is 356 g/mol. The highest BCUT2D eigenvalue weighted by Crippen LogP contribution is 2.57. The summed E-state index contributed by atoms with van der Waals surface area (Å²) in [7, 11) is 0. The van der Waals surface area contributed by atoms with Crippen LogP contribution in [0.4, 0.5) is 0 Å². The van der Waals surface area contributed by atoms with Crippen molar-refractivity contribution >= 4 is 0 Å². The average Bonchev–Trinajstić information content (AvgIpc) is 2.67. The molecule has 0 spiro atoms. The van der Waals surface area contributed by atoms with Crippen molar-refractivity contribution < 1.29 is 0 Å². The Morgan fingerprint density at radius 3 is 2.22 bits per heavy atom. The lowest BCUT2D eigenvalue weighted by atomic mass is 9.54. The fraction of sp³-hybridized carbons (Fsp3) is 0.435. The van der Waals surface area contributed by atoms with Gasteiger partial charge in [0.15, 0.2) is 5.41 Å². The quantitative estimate of drug-likeness (QED) is 0.798. The van der Waals surface area contributed by atoms with Crippen LogP contribution in [0.1, 0.15) is 45.1 Å². The number of hydrogen-bond acceptors (Lipinski definition) is 4. The first kappa shape index (κ1) is 18.8. The molecule has 3 rings (SSSR count). The van der Waals surface area contributed by atoms with Crippen molar-refractivity contribution in [3.8, 4) is 18.2 Å². The summed E-state index contributed by atoms with van der Waals surface area (Å²) in [6.07, 6.45) is 3.82. The maximum absolute atomic E-state index is 10.1. The maximum atomic E-state index is 10.1. The Labute approximate surface area is 161 Å². The Balaban J connectivity index is 2.29. The van der Waals surface area contributed by atoms with E-state index in [-0.39, 0.29) is 22.9 Å². The van der Waals surface area contributed by atoms with Gasteiger partial charge in [-0.15, -0.1) is 0 Å². The third-order valence-corrected chi connectivity index (χ3v) is 6.26. The van der Waals surface area contributed by atoms with E-state index < -0.39 is 5.41 Å². The molecule has 0 aliphatic heterocycles. The van der Waals surface area contributed by atoms with Crippen molar-refractivity contribution in [2.24, 2.45) is 28.4 Å². The standard InChI is InChI=1S/C23H24N4/c1-22(2,3)16-9-10-17-18(11-16)20(15-7-5-4-6-8-15)23(13-25,14-26)21(27)19(17)12-24/h4-8,10,16,18,20H,9,11,27H2,1-3H3/t16?,18-,20+/m1/s1. The first-order valence-electron chi connectivity index (χ1n) is 9.28. The Bertz CT molecular complexity index is 912. The minimum absolute atomic E-state index is 0.0772. The zero-order valence-corrected chi connectivity index (χ0v) is 16.0. The van der Waals surface area contributed by atoms with Gasteiger partial charge in [0.25, 0.3) is 0 Å². The smallest absolute Gasteiger partial charge is 0.191 e. The monoisotopic (exact) mass is 356 g/mol. The molecule has 2 aliphatic carbocycles. The highest BCUT2D eigenvalue weighted by Gasteiger charge is 2.54. The van der Waals surface area contributed by atoms with E-state index in [1.54, 1.807) is 0 Å². The molecule has 0 aromatic heterocycles. The molecule has 4 nitrogen and oxygen atoms in total. The van der Waals surface area contributed by atoms with E-state index in [4.69, 9.17) is 5.73 Å². The topological polar surface area (TPSA) is 97.4 Å². The predicted octanol–water partition coefficient (Wildman–Crippen LogP) is 4.55. The molecule has 0 fully saturated rings. The van der Waals surface area contributed by atoms with Crippen molar-refractivity contribution in [2.45, 2.75) is 39.5 Å². The van der Waals surface area contributed by atoms with Gasteiger partial charge in [-0.1, -0.05) is 57.2 Å². The van der Waals surface area contributed by atoms with Crippen molar-refractivity contribution in [1.82, 2.24) is 0 Å². The number of allylic oxidation sites excluding steroid dienone is 4. The van der Waals surface area contributed by atoms with Crippen molar-refractivity contribution in [1.29, 1.82) is 15.8 Å². The maximum Gasteiger partial charge on any atom is 0.191 e. The zero-order valence-electron chi connectivity index (χ0n) is 16.0. The number of benzene rings is 1. The second kappa shape index (κ2) is 6.61. The van der Waals surface area contributed by atoms with Crippen LogP contribution in [-0.2, 0) is 0 Å². The number of nitrogens with zero attached hydrogens (tertiary/aromatic N) is 3. The molecule has 3 atom stereocenters. The lowest BCUT2D eigenvalue weighted by Gasteiger charge is -2.47. The van der Waals surface area contributed by atoms with Crippen LogP contribution in [0.3, 0.4) is 0 Å². The van der Waals surface area contributed by atoms with Crippen LogP contribution >= 0.6 is 0 Å². The van der Waals surface area contributed by atoms with E-state index in [0.29, 0.717) is 11.5 Å². The Hall–Kier alpha value is -3.03. The van der Waals surface area contributed by atoms with Gasteiger partial charge in [-0.3, -0.25) is 0 Å². The van der Waals surface area contributed by atoms with Gasteiger partial charge in [-0.2, -0.15) is 15.8 Å². The number of nitriles is 3. The Kier molecular flexibility index (Phi) is 4.59. The summed E-state index contributed by atoms with van der Waals surface area (Å²) < 4.78 is 0. The Morgan fingerprint density at radius 2 is 1.70 bits per heavy atom. The molecule has 1 unspecified atom stereocenters. The Morgan fingerprint density at radius 1 is 1.07 bits per heavy atom. The van der Waals surface area contributed by atoms with Gasteiger partial charge < -0.3 is 5.73 Å². The molecule has 1 aromatic carbocycles. The van der Waals surface area contributed by atoms with Crippen molar-refractivity contribution in [2.75, 3.05) is 0 Å². The summed E-state index contributed by atoms with van der Waals surface area (Å²) in [6.45, 7) is 6.65. The van der Waals surface area contributed by atoms with E-state index >= 15 is 0 Å². The van der Waals surface area contributed by atoms with E-state index in [1.165, 1.54) is 0 Å². The van der Waals surface area contributed by atoms with Gasteiger partial charge in [0.05, 0.1) is 23.4 Å². The molecule has 27 heavy (non-hydrogen) atoms. The molecule has 0 saturated carbocycles. The van der Waals surface area contributed by atoms with Gasteiger partial charge in [-0.05, 0) is 41.2 Å². The summed E-state index contributed by atoms with van der Waals surface area (Å²) in [5.74, 6) is -0.0550. The minimum atomic E-state index is -1.53. The molecule has 0 amide bonds. The zero-order chi connectivity index (χ0) is 19.8. The van der Waals surface area contributed by atoms with Crippen LogP contribution in [-0.4, -0.2) is 0 Å². The number of fused-ring (bicyclic) bond motifs is 1. The summed E-state index contributed by atoms with van der Waals surface area (Å²) in [4.78, 5) is 0. The number of nitrogens with two attached hydrogens (primary N) is 1. The van der Waals surface area contributed by atoms with Crippen molar-refractivity contribution in [3.63, 3.8) is 0 Å². The molecular formula is C23H24N4. The van der Waals surface area contributed by atoms with Crippen LogP contribution < -0.4 is 5.73 Å². The summed E-state index contributed by atoms with van der Waals surface area (Å²) in [6, 6.07) is 16.2. The fourth-order valence-electron chi connectivity index (χ4n) is 4.63. The predicted molar refractivity (Wildman–Crippen MR) is 103 cm³/mol. The second-order valence-corrected chi connectivity index (χ2v) is 8.62. The lowest BCUT2D eigenvalue weighted by molar-refractivity contribution is 0.170. The largest absolute Gasteiger partial charge is 0.399 e. The van der Waals surface area contributed by atoms with Crippen LogP contribution in [0, 0.1) is 56.7 Å².